The van der Waals surface area contributed by atoms with Crippen molar-refractivity contribution in [2.75, 3.05) is 7.05 Å². The molecule has 4 nitrogen and oxygen atoms in total. The van der Waals surface area contributed by atoms with Crippen molar-refractivity contribution in [2.45, 2.75) is 51.4 Å². The fourth-order valence-electron chi connectivity index (χ4n) is 2.61. The summed E-state index contributed by atoms with van der Waals surface area (Å²) in [6.45, 7) is 0. The van der Waals surface area contributed by atoms with Crippen LogP contribution in [-0.4, -0.2) is 18.7 Å². The fraction of sp³-hybridized carbons (Fsp3) is 0.786. The summed E-state index contributed by atoms with van der Waals surface area (Å²) in [6, 6.07) is 1.78. The predicted molar refractivity (Wildman–Crippen MR) is 68.6 cm³/mol. The largest absolute Gasteiger partial charge is 0.358 e. The summed E-state index contributed by atoms with van der Waals surface area (Å²) in [6.07, 6.45) is 8.69. The number of nitrogens with one attached hydrogen (secondary N) is 1. The molecular formula is C14H22N2O2. The molecule has 18 heavy (non-hydrogen) atoms. The Bertz CT molecular complexity index is 327. The maximum absolute atomic E-state index is 11.7. The Labute approximate surface area is 109 Å². The third kappa shape index (κ3) is 4.48. The first-order chi connectivity index (χ1) is 8.69. The summed E-state index contributed by atoms with van der Waals surface area (Å²) in [5.74, 6) is -1.11. The van der Waals surface area contributed by atoms with Crippen molar-refractivity contribution < 1.29 is 9.59 Å². The molecule has 1 atom stereocenters. The number of carbonyl (C=O) groups excluding carboxylic acids is 2. The van der Waals surface area contributed by atoms with Crippen molar-refractivity contribution in [1.82, 2.24) is 5.32 Å². The molecule has 1 N–H and O–H groups in total. The van der Waals surface area contributed by atoms with Crippen LogP contribution in [0.3, 0.4) is 0 Å². The van der Waals surface area contributed by atoms with Crippen LogP contribution in [0.4, 0.5) is 0 Å². The van der Waals surface area contributed by atoms with Gasteiger partial charge in [0.2, 0.25) is 5.91 Å². The Hall–Kier alpha value is -1.37. The molecule has 1 rings (SSSR count). The van der Waals surface area contributed by atoms with Gasteiger partial charge in [-0.3, -0.25) is 9.59 Å². The lowest BCUT2D eigenvalue weighted by atomic mass is 9.85. The lowest BCUT2D eigenvalue weighted by molar-refractivity contribution is -0.131. The van der Waals surface area contributed by atoms with Gasteiger partial charge in [-0.15, -0.1) is 0 Å². The van der Waals surface area contributed by atoms with Crippen LogP contribution < -0.4 is 5.32 Å². The molecule has 1 aliphatic rings. The standard InChI is InChI=1S/C14H22N2O2/c1-16-14(18)12(10-15)13(17)9-5-8-11-6-3-2-4-7-11/h11-12H,2-9H2,1H3,(H,16,18)/t12-/m0/s1. The van der Waals surface area contributed by atoms with Crippen molar-refractivity contribution in [3.05, 3.63) is 0 Å². The van der Waals surface area contributed by atoms with Crippen molar-refractivity contribution in [3.63, 3.8) is 0 Å². The van der Waals surface area contributed by atoms with Gasteiger partial charge >= 0.3 is 0 Å². The second-order valence-corrected chi connectivity index (χ2v) is 5.04. The van der Waals surface area contributed by atoms with E-state index in [2.05, 4.69) is 5.32 Å². The van der Waals surface area contributed by atoms with E-state index < -0.39 is 11.8 Å². The minimum Gasteiger partial charge on any atom is -0.358 e. The van der Waals surface area contributed by atoms with Gasteiger partial charge in [0.05, 0.1) is 6.07 Å². The third-order valence-corrected chi connectivity index (χ3v) is 3.72. The minimum absolute atomic E-state index is 0.243. The molecule has 0 unspecified atom stereocenters. The Morgan fingerprint density at radius 1 is 1.33 bits per heavy atom. The minimum atomic E-state index is -1.12. The zero-order valence-electron chi connectivity index (χ0n) is 11.1. The lowest BCUT2D eigenvalue weighted by Crippen LogP contribution is -2.32. The van der Waals surface area contributed by atoms with Crippen LogP contribution in [0.25, 0.3) is 0 Å². The molecule has 0 spiro atoms. The second kappa shape index (κ2) is 7.86. The maximum Gasteiger partial charge on any atom is 0.244 e. The number of ketones is 1. The highest BCUT2D eigenvalue weighted by molar-refractivity contribution is 6.03. The fourth-order valence-corrected chi connectivity index (χ4v) is 2.61. The molecule has 0 heterocycles. The van der Waals surface area contributed by atoms with E-state index in [1.165, 1.54) is 39.2 Å². The number of nitriles is 1. The first-order valence-corrected chi connectivity index (χ1v) is 6.83. The van der Waals surface area contributed by atoms with Gasteiger partial charge in [-0.2, -0.15) is 5.26 Å². The molecular weight excluding hydrogens is 228 g/mol. The normalized spacial score (nSPS) is 17.8. The van der Waals surface area contributed by atoms with Crippen LogP contribution >= 0.6 is 0 Å². The predicted octanol–water partition coefficient (Wildman–Crippen LogP) is 2.19. The van der Waals surface area contributed by atoms with Gasteiger partial charge in [-0.25, -0.2) is 0 Å². The SMILES string of the molecule is CNC(=O)[C@@H](C#N)C(=O)CCCC1CCCCC1. The van der Waals surface area contributed by atoms with E-state index in [1.54, 1.807) is 6.07 Å². The van der Waals surface area contributed by atoms with Crippen LogP contribution in [0.15, 0.2) is 0 Å². The van der Waals surface area contributed by atoms with Crippen LogP contribution in [0.2, 0.25) is 0 Å². The molecule has 0 bridgehead atoms. The summed E-state index contributed by atoms with van der Waals surface area (Å²) < 4.78 is 0. The molecule has 100 valence electrons. The molecule has 1 aliphatic carbocycles. The van der Waals surface area contributed by atoms with E-state index in [9.17, 15) is 9.59 Å². The van der Waals surface area contributed by atoms with E-state index in [-0.39, 0.29) is 5.78 Å². The smallest absolute Gasteiger partial charge is 0.244 e. The second-order valence-electron chi connectivity index (χ2n) is 5.04. The summed E-state index contributed by atoms with van der Waals surface area (Å²) in [7, 11) is 1.45. The average Bonchev–Trinajstić information content (AvgIpc) is 2.40. The average molecular weight is 250 g/mol. The molecule has 0 aromatic carbocycles. The van der Waals surface area contributed by atoms with E-state index in [4.69, 9.17) is 5.26 Å². The summed E-state index contributed by atoms with van der Waals surface area (Å²) in [5, 5.41) is 11.2. The van der Waals surface area contributed by atoms with Gasteiger partial charge < -0.3 is 5.32 Å². The molecule has 0 aliphatic heterocycles. The highest BCUT2D eigenvalue weighted by Gasteiger charge is 2.25. The Kier molecular flexibility index (Phi) is 6.42. The van der Waals surface area contributed by atoms with Crippen LogP contribution in [0.1, 0.15) is 51.4 Å². The van der Waals surface area contributed by atoms with E-state index >= 15 is 0 Å². The van der Waals surface area contributed by atoms with Crippen LogP contribution in [0, 0.1) is 23.2 Å². The van der Waals surface area contributed by atoms with Gasteiger partial charge in [-0.1, -0.05) is 38.5 Å². The zero-order valence-corrected chi connectivity index (χ0v) is 11.1. The zero-order chi connectivity index (χ0) is 13.4. The van der Waals surface area contributed by atoms with Gasteiger partial charge in [0.15, 0.2) is 11.7 Å². The van der Waals surface area contributed by atoms with E-state index in [0.29, 0.717) is 6.42 Å². The number of nitrogens with zero attached hydrogens (tertiary/aromatic N) is 1. The molecule has 1 amide bonds. The Balaban J connectivity index is 2.27. The summed E-state index contributed by atoms with van der Waals surface area (Å²) in [4.78, 5) is 23.0. The topological polar surface area (TPSA) is 70.0 Å². The first-order valence-electron chi connectivity index (χ1n) is 6.83. The summed E-state index contributed by atoms with van der Waals surface area (Å²) >= 11 is 0. The van der Waals surface area contributed by atoms with Gasteiger partial charge in [0.1, 0.15) is 0 Å². The highest BCUT2D eigenvalue weighted by atomic mass is 16.2. The molecule has 0 aromatic rings. The number of carbonyl (C=O) groups is 2. The van der Waals surface area contributed by atoms with Gasteiger partial charge in [0.25, 0.3) is 0 Å². The quantitative estimate of drug-likeness (QED) is 0.735. The molecule has 0 saturated heterocycles. The number of hydrogen-bond acceptors (Lipinski definition) is 3. The van der Waals surface area contributed by atoms with E-state index in [1.807, 2.05) is 0 Å². The Morgan fingerprint density at radius 2 is 2.00 bits per heavy atom. The van der Waals surface area contributed by atoms with Gasteiger partial charge in [-0.05, 0) is 12.3 Å². The maximum atomic E-state index is 11.7. The van der Waals surface area contributed by atoms with Crippen LogP contribution in [0.5, 0.6) is 0 Å². The third-order valence-electron chi connectivity index (χ3n) is 3.72. The van der Waals surface area contributed by atoms with Crippen molar-refractivity contribution in [3.8, 4) is 6.07 Å². The number of Topliss-reactive ketones (excluding diaryl/α,β-unsaturated/α-hetero) is 1. The lowest BCUT2D eigenvalue weighted by Gasteiger charge is -2.21. The van der Waals surface area contributed by atoms with E-state index in [0.717, 1.165) is 18.8 Å². The Morgan fingerprint density at radius 3 is 2.56 bits per heavy atom. The number of rotatable bonds is 6. The van der Waals surface area contributed by atoms with Crippen molar-refractivity contribution in [2.24, 2.45) is 11.8 Å². The molecule has 1 saturated carbocycles. The number of amides is 1. The monoisotopic (exact) mass is 250 g/mol. The van der Waals surface area contributed by atoms with Crippen molar-refractivity contribution >= 4 is 11.7 Å². The van der Waals surface area contributed by atoms with Crippen molar-refractivity contribution in [1.29, 1.82) is 5.26 Å². The molecule has 4 heteroatoms. The molecule has 0 radical (unpaired) electrons. The number of hydrogen-bond donors (Lipinski definition) is 1. The van der Waals surface area contributed by atoms with Crippen LogP contribution in [-0.2, 0) is 9.59 Å². The summed E-state index contributed by atoms with van der Waals surface area (Å²) in [5.41, 5.74) is 0. The molecule has 0 aromatic heterocycles. The first kappa shape index (κ1) is 14.7. The van der Waals surface area contributed by atoms with Gasteiger partial charge in [0, 0.05) is 13.5 Å². The highest BCUT2D eigenvalue weighted by Crippen LogP contribution is 2.27. The molecule has 1 fully saturated rings.